The molecular formula is C14H19. The fourth-order valence-corrected chi connectivity index (χ4v) is 1.34. The van der Waals surface area contributed by atoms with E-state index in [1.807, 2.05) is 0 Å². The zero-order valence-electron chi connectivity index (χ0n) is 8.78. The summed E-state index contributed by atoms with van der Waals surface area (Å²) >= 11 is 0. The third-order valence-corrected chi connectivity index (χ3v) is 2.15. The predicted octanol–water partition coefficient (Wildman–Crippen LogP) is 4.37. The molecule has 0 unspecified atom stereocenters. The summed E-state index contributed by atoms with van der Waals surface area (Å²) in [5.41, 5.74) is 0. The lowest BCUT2D eigenvalue weighted by molar-refractivity contribution is 0.865. The molecule has 14 heavy (non-hydrogen) atoms. The molecule has 0 spiro atoms. The molecule has 0 saturated heterocycles. The molecule has 0 fully saturated rings. The molecule has 0 bridgehead atoms. The summed E-state index contributed by atoms with van der Waals surface area (Å²) in [7, 11) is 0. The van der Waals surface area contributed by atoms with Gasteiger partial charge in [-0.25, -0.2) is 0 Å². The highest BCUT2D eigenvalue weighted by atomic mass is 13.9. The molecule has 1 radical (unpaired) electrons. The minimum Gasteiger partial charge on any atom is -0.0882 e. The molecule has 0 amide bonds. The first-order chi connectivity index (χ1) is 7.00. The van der Waals surface area contributed by atoms with E-state index in [-0.39, 0.29) is 0 Å². The van der Waals surface area contributed by atoms with E-state index in [1.54, 1.807) is 0 Å². The SMILES string of the molecule is [C]1=CCC=CCCCC=CC=CCC1. The van der Waals surface area contributed by atoms with Gasteiger partial charge in [-0.1, -0.05) is 42.5 Å². The van der Waals surface area contributed by atoms with Crippen LogP contribution >= 0.6 is 0 Å². The Kier molecular flexibility index (Phi) is 6.74. The zero-order valence-corrected chi connectivity index (χ0v) is 8.78. The Balaban J connectivity index is 2.34. The maximum absolute atomic E-state index is 3.29. The van der Waals surface area contributed by atoms with E-state index in [0.29, 0.717) is 0 Å². The number of hydrogen-bond acceptors (Lipinski definition) is 0. The molecule has 0 aromatic heterocycles. The van der Waals surface area contributed by atoms with Crippen molar-refractivity contribution in [2.24, 2.45) is 0 Å². The second-order valence-electron chi connectivity index (χ2n) is 3.44. The number of rotatable bonds is 0. The van der Waals surface area contributed by atoms with Crippen molar-refractivity contribution in [2.75, 3.05) is 0 Å². The zero-order chi connectivity index (χ0) is 9.90. The summed E-state index contributed by atoms with van der Waals surface area (Å²) in [4.78, 5) is 0. The molecule has 0 nitrogen and oxygen atoms in total. The highest BCUT2D eigenvalue weighted by Crippen LogP contribution is 2.01. The molecule has 0 aromatic rings. The predicted molar refractivity (Wildman–Crippen MR) is 62.9 cm³/mol. The van der Waals surface area contributed by atoms with Gasteiger partial charge in [0.25, 0.3) is 0 Å². The van der Waals surface area contributed by atoms with Gasteiger partial charge in [-0.05, 0) is 44.6 Å². The first kappa shape index (κ1) is 11.0. The first-order valence-electron chi connectivity index (χ1n) is 5.52. The summed E-state index contributed by atoms with van der Waals surface area (Å²) in [6.45, 7) is 0. The van der Waals surface area contributed by atoms with E-state index in [4.69, 9.17) is 0 Å². The van der Waals surface area contributed by atoms with Crippen molar-refractivity contribution >= 4 is 0 Å². The van der Waals surface area contributed by atoms with Gasteiger partial charge in [0.2, 0.25) is 0 Å². The van der Waals surface area contributed by atoms with Gasteiger partial charge in [-0.15, -0.1) is 0 Å². The van der Waals surface area contributed by atoms with Crippen LogP contribution in [-0.2, 0) is 0 Å². The van der Waals surface area contributed by atoms with E-state index in [2.05, 4.69) is 48.6 Å². The Bertz CT molecular complexity index is 228. The largest absolute Gasteiger partial charge is 0.0882 e. The van der Waals surface area contributed by atoms with Crippen LogP contribution in [0, 0.1) is 6.08 Å². The third kappa shape index (κ3) is 6.47. The van der Waals surface area contributed by atoms with Crippen molar-refractivity contribution < 1.29 is 0 Å². The molecule has 0 heterocycles. The average molecular weight is 187 g/mol. The molecule has 1 rings (SSSR count). The van der Waals surface area contributed by atoms with Gasteiger partial charge < -0.3 is 0 Å². The number of allylic oxidation sites excluding steroid dienone is 8. The molecule has 1 aliphatic carbocycles. The van der Waals surface area contributed by atoms with Crippen molar-refractivity contribution in [3.8, 4) is 0 Å². The molecule has 0 atom stereocenters. The highest BCUT2D eigenvalue weighted by Gasteiger charge is 1.81. The monoisotopic (exact) mass is 187 g/mol. The fraction of sp³-hybridized carbons (Fsp3) is 0.429. The van der Waals surface area contributed by atoms with Crippen molar-refractivity contribution in [1.29, 1.82) is 0 Å². The molecule has 0 aliphatic heterocycles. The van der Waals surface area contributed by atoms with Gasteiger partial charge in [0, 0.05) is 0 Å². The molecule has 0 saturated carbocycles. The quantitative estimate of drug-likeness (QED) is 0.494. The lowest BCUT2D eigenvalue weighted by Gasteiger charge is -1.91. The van der Waals surface area contributed by atoms with Crippen LogP contribution in [0.25, 0.3) is 0 Å². The third-order valence-electron chi connectivity index (χ3n) is 2.15. The van der Waals surface area contributed by atoms with E-state index in [1.165, 1.54) is 19.3 Å². The topological polar surface area (TPSA) is 0 Å². The number of hydrogen-bond donors (Lipinski definition) is 0. The lowest BCUT2D eigenvalue weighted by atomic mass is 10.2. The van der Waals surface area contributed by atoms with Crippen molar-refractivity contribution in [3.05, 3.63) is 48.6 Å². The minimum absolute atomic E-state index is 1.04. The second kappa shape index (κ2) is 8.55. The highest BCUT2D eigenvalue weighted by molar-refractivity contribution is 5.03. The summed E-state index contributed by atoms with van der Waals surface area (Å²) in [5.74, 6) is 0. The maximum atomic E-state index is 3.29. The summed E-state index contributed by atoms with van der Waals surface area (Å²) in [6, 6.07) is 0. The van der Waals surface area contributed by atoms with Gasteiger partial charge in [-0.3, -0.25) is 0 Å². The van der Waals surface area contributed by atoms with Crippen molar-refractivity contribution in [2.45, 2.75) is 38.5 Å². The molecular weight excluding hydrogens is 168 g/mol. The molecule has 75 valence electrons. The standard InChI is InChI=1S/C14H19/c1-2-4-6-8-10-12-14-13-11-9-7-5-3-1/h1-4,11-13H,5-9,14H2. The van der Waals surface area contributed by atoms with Gasteiger partial charge >= 0.3 is 0 Å². The van der Waals surface area contributed by atoms with Crippen molar-refractivity contribution in [3.63, 3.8) is 0 Å². The van der Waals surface area contributed by atoms with Crippen molar-refractivity contribution in [1.82, 2.24) is 0 Å². The average Bonchev–Trinajstić information content (AvgIpc) is 2.22. The van der Waals surface area contributed by atoms with E-state index in [9.17, 15) is 0 Å². The Morgan fingerprint density at radius 3 is 2.50 bits per heavy atom. The molecule has 0 N–H and O–H groups in total. The summed E-state index contributed by atoms with van der Waals surface area (Å²) in [5, 5.41) is 0. The van der Waals surface area contributed by atoms with Crippen LogP contribution in [0.2, 0.25) is 0 Å². The van der Waals surface area contributed by atoms with Crippen LogP contribution in [0.4, 0.5) is 0 Å². The Morgan fingerprint density at radius 2 is 1.57 bits per heavy atom. The van der Waals surface area contributed by atoms with E-state index >= 15 is 0 Å². The van der Waals surface area contributed by atoms with Crippen LogP contribution in [0.1, 0.15) is 38.5 Å². The normalized spacial score (nSPS) is 19.4. The Labute approximate surface area is 87.7 Å². The van der Waals surface area contributed by atoms with Crippen LogP contribution in [0.3, 0.4) is 0 Å². The van der Waals surface area contributed by atoms with Gasteiger partial charge in [0.1, 0.15) is 0 Å². The lowest BCUT2D eigenvalue weighted by Crippen LogP contribution is -1.71. The van der Waals surface area contributed by atoms with Crippen LogP contribution < -0.4 is 0 Å². The van der Waals surface area contributed by atoms with Crippen LogP contribution in [0.5, 0.6) is 0 Å². The fourth-order valence-electron chi connectivity index (χ4n) is 1.34. The van der Waals surface area contributed by atoms with E-state index < -0.39 is 0 Å². The smallest absolute Gasteiger partial charge is 0.0163 e. The van der Waals surface area contributed by atoms with E-state index in [0.717, 1.165) is 19.3 Å². The maximum Gasteiger partial charge on any atom is -0.0163 e. The molecule has 0 aromatic carbocycles. The first-order valence-corrected chi connectivity index (χ1v) is 5.52. The van der Waals surface area contributed by atoms with Gasteiger partial charge in [0.15, 0.2) is 0 Å². The van der Waals surface area contributed by atoms with Gasteiger partial charge in [0.05, 0.1) is 0 Å². The van der Waals surface area contributed by atoms with Crippen LogP contribution in [0.15, 0.2) is 42.5 Å². The Morgan fingerprint density at radius 1 is 0.786 bits per heavy atom. The Hall–Kier alpha value is -1.04. The second-order valence-corrected chi connectivity index (χ2v) is 3.44. The summed E-state index contributed by atoms with van der Waals surface area (Å²) < 4.78 is 0. The molecule has 0 heteroatoms. The summed E-state index contributed by atoms with van der Waals surface area (Å²) in [6.07, 6.45) is 25.5. The molecule has 1 aliphatic rings. The van der Waals surface area contributed by atoms with Gasteiger partial charge in [-0.2, -0.15) is 0 Å². The minimum atomic E-state index is 1.04. The van der Waals surface area contributed by atoms with Crippen LogP contribution in [-0.4, -0.2) is 0 Å².